The maximum atomic E-state index is 4.17. The third kappa shape index (κ3) is 1.66. The Bertz CT molecular complexity index is 500. The Morgan fingerprint density at radius 3 is 3.00 bits per heavy atom. The van der Waals surface area contributed by atoms with Crippen molar-refractivity contribution in [2.24, 2.45) is 0 Å². The number of pyridine rings is 1. The fourth-order valence-corrected chi connectivity index (χ4v) is 3.21. The number of piperidine rings is 1. The zero-order valence-electron chi connectivity index (χ0n) is 8.99. The van der Waals surface area contributed by atoms with E-state index in [0.717, 1.165) is 13.1 Å². The topological polar surface area (TPSA) is 29.9 Å². The number of hydrogen-bond donors (Lipinski definition) is 1. The van der Waals surface area contributed by atoms with Gasteiger partial charge in [-0.15, -0.1) is 0 Å². The quantitative estimate of drug-likeness (QED) is 0.870. The minimum Gasteiger partial charge on any atom is -0.332 e. The Morgan fingerprint density at radius 1 is 1.38 bits per heavy atom. The van der Waals surface area contributed by atoms with Gasteiger partial charge in [0.1, 0.15) is 0 Å². The van der Waals surface area contributed by atoms with E-state index >= 15 is 0 Å². The van der Waals surface area contributed by atoms with E-state index < -0.39 is 0 Å². The summed E-state index contributed by atoms with van der Waals surface area (Å²) >= 11 is 3.66. The van der Waals surface area contributed by atoms with Gasteiger partial charge in [0.25, 0.3) is 0 Å². The molecule has 3 heterocycles. The summed E-state index contributed by atoms with van der Waals surface area (Å²) in [5.41, 5.74) is 1.29. The number of aromatic nitrogens is 2. The van der Waals surface area contributed by atoms with E-state index in [0.29, 0.717) is 6.04 Å². The molecule has 0 unspecified atom stereocenters. The molecule has 3 nitrogen and oxygen atoms in total. The predicted molar refractivity (Wildman–Crippen MR) is 68.6 cm³/mol. The van der Waals surface area contributed by atoms with Crippen molar-refractivity contribution in [1.29, 1.82) is 0 Å². The third-order valence-corrected chi connectivity index (χ3v) is 3.88. The number of nitrogens with one attached hydrogen (secondary N) is 1. The van der Waals surface area contributed by atoms with Crippen LogP contribution in [0.1, 0.15) is 18.9 Å². The number of hydrogen-bond acceptors (Lipinski definition) is 2. The van der Waals surface area contributed by atoms with Crippen LogP contribution >= 0.6 is 15.9 Å². The summed E-state index contributed by atoms with van der Waals surface area (Å²) in [6.45, 7) is 2.23. The van der Waals surface area contributed by atoms with Gasteiger partial charge in [0.15, 0.2) is 0 Å². The summed E-state index contributed by atoms with van der Waals surface area (Å²) in [5, 5.41) is 4.62. The van der Waals surface area contributed by atoms with Gasteiger partial charge >= 0.3 is 0 Å². The van der Waals surface area contributed by atoms with Gasteiger partial charge in [0.2, 0.25) is 0 Å². The monoisotopic (exact) mass is 279 g/mol. The van der Waals surface area contributed by atoms with Crippen LogP contribution < -0.4 is 5.32 Å². The van der Waals surface area contributed by atoms with Gasteiger partial charge in [-0.2, -0.15) is 0 Å². The fraction of sp³-hybridized carbons (Fsp3) is 0.417. The lowest BCUT2D eigenvalue weighted by Gasteiger charge is -2.25. The first-order chi connectivity index (χ1) is 7.86. The van der Waals surface area contributed by atoms with Gasteiger partial charge in [-0.3, -0.25) is 4.98 Å². The normalized spacial score (nSPS) is 18.1. The van der Waals surface area contributed by atoms with Crippen LogP contribution in [0.15, 0.2) is 29.1 Å². The highest BCUT2D eigenvalue weighted by molar-refractivity contribution is 9.10. The molecule has 1 saturated heterocycles. The Balaban J connectivity index is 2.10. The summed E-state index contributed by atoms with van der Waals surface area (Å²) < 4.78 is 3.57. The van der Waals surface area contributed by atoms with Crippen LogP contribution in [0.3, 0.4) is 0 Å². The molecule has 0 bridgehead atoms. The van der Waals surface area contributed by atoms with Crippen LogP contribution in [-0.4, -0.2) is 22.6 Å². The summed E-state index contributed by atoms with van der Waals surface area (Å²) in [6, 6.07) is 4.86. The smallest absolute Gasteiger partial charge is 0.0860 e. The van der Waals surface area contributed by atoms with Crippen molar-refractivity contribution in [2.45, 2.75) is 18.9 Å². The maximum absolute atomic E-state index is 4.17. The number of rotatable bonds is 1. The van der Waals surface area contributed by atoms with Crippen molar-refractivity contribution in [3.05, 3.63) is 29.1 Å². The molecule has 1 fully saturated rings. The molecule has 0 aliphatic carbocycles. The number of halogens is 1. The van der Waals surface area contributed by atoms with Crippen LogP contribution in [0.25, 0.3) is 10.9 Å². The lowest BCUT2D eigenvalue weighted by Crippen LogP contribution is -2.29. The largest absolute Gasteiger partial charge is 0.332 e. The van der Waals surface area contributed by atoms with E-state index in [2.05, 4.69) is 42.9 Å². The minimum atomic E-state index is 0.607. The summed E-state index contributed by atoms with van der Waals surface area (Å²) in [6.07, 6.45) is 6.19. The van der Waals surface area contributed by atoms with E-state index in [1.807, 2.05) is 12.4 Å². The molecule has 84 valence electrons. The molecule has 2 aromatic rings. The zero-order valence-corrected chi connectivity index (χ0v) is 10.6. The Hall–Kier alpha value is -0.870. The second-order valence-electron chi connectivity index (χ2n) is 4.25. The molecule has 0 amide bonds. The molecule has 1 aliphatic rings. The van der Waals surface area contributed by atoms with Crippen molar-refractivity contribution >= 4 is 26.8 Å². The van der Waals surface area contributed by atoms with E-state index in [1.165, 1.54) is 28.3 Å². The van der Waals surface area contributed by atoms with Crippen LogP contribution in [0.5, 0.6) is 0 Å². The first kappa shape index (κ1) is 10.3. The summed E-state index contributed by atoms with van der Waals surface area (Å²) in [7, 11) is 0. The number of fused-ring (bicyclic) bond motifs is 1. The van der Waals surface area contributed by atoms with Crippen LogP contribution in [0.2, 0.25) is 0 Å². The number of nitrogens with zero attached hydrogens (tertiary/aromatic N) is 2. The summed E-state index contributed by atoms with van der Waals surface area (Å²) in [4.78, 5) is 4.17. The third-order valence-electron chi connectivity index (χ3n) is 3.27. The average molecular weight is 280 g/mol. The van der Waals surface area contributed by atoms with E-state index in [4.69, 9.17) is 0 Å². The zero-order chi connectivity index (χ0) is 11.0. The van der Waals surface area contributed by atoms with Gasteiger partial charge in [-0.25, -0.2) is 0 Å². The Labute approximate surface area is 103 Å². The van der Waals surface area contributed by atoms with Crippen LogP contribution in [-0.2, 0) is 0 Å². The second kappa shape index (κ2) is 4.18. The SMILES string of the molecule is Brc1cc2cnccc2n1C1CCNCC1. The highest BCUT2D eigenvalue weighted by Gasteiger charge is 2.18. The standard InChI is InChI=1S/C12H14BrN3/c13-12-7-9-8-15-6-3-11(9)16(12)10-1-4-14-5-2-10/h3,6-8,10,14H,1-2,4-5H2. The van der Waals surface area contributed by atoms with Crippen molar-refractivity contribution in [3.8, 4) is 0 Å². The molecule has 0 atom stereocenters. The fourth-order valence-electron chi connectivity index (χ4n) is 2.48. The molecule has 16 heavy (non-hydrogen) atoms. The van der Waals surface area contributed by atoms with Crippen molar-refractivity contribution in [1.82, 2.24) is 14.9 Å². The van der Waals surface area contributed by atoms with Crippen molar-refractivity contribution in [3.63, 3.8) is 0 Å². The lowest BCUT2D eigenvalue weighted by atomic mass is 10.1. The molecule has 0 saturated carbocycles. The van der Waals surface area contributed by atoms with Gasteiger partial charge in [0, 0.05) is 23.8 Å². The molecule has 1 aliphatic heterocycles. The first-order valence-corrected chi connectivity index (χ1v) is 6.47. The molecular weight excluding hydrogens is 266 g/mol. The maximum Gasteiger partial charge on any atom is 0.0860 e. The molecular formula is C12H14BrN3. The molecule has 4 heteroatoms. The Morgan fingerprint density at radius 2 is 2.19 bits per heavy atom. The van der Waals surface area contributed by atoms with Gasteiger partial charge < -0.3 is 9.88 Å². The first-order valence-electron chi connectivity index (χ1n) is 5.67. The lowest BCUT2D eigenvalue weighted by molar-refractivity contribution is 0.372. The molecule has 3 rings (SSSR count). The summed E-state index contributed by atoms with van der Waals surface area (Å²) in [5.74, 6) is 0. The molecule has 1 N–H and O–H groups in total. The molecule has 0 spiro atoms. The molecule has 0 radical (unpaired) electrons. The van der Waals surface area contributed by atoms with Gasteiger partial charge in [0.05, 0.1) is 10.1 Å². The molecule has 0 aromatic carbocycles. The predicted octanol–water partition coefficient (Wildman–Crippen LogP) is 2.72. The van der Waals surface area contributed by atoms with Crippen LogP contribution in [0.4, 0.5) is 0 Å². The van der Waals surface area contributed by atoms with E-state index in [-0.39, 0.29) is 0 Å². The second-order valence-corrected chi connectivity index (χ2v) is 5.07. The average Bonchev–Trinajstić information content (AvgIpc) is 2.66. The van der Waals surface area contributed by atoms with E-state index in [1.54, 1.807) is 0 Å². The highest BCUT2D eigenvalue weighted by atomic mass is 79.9. The Kier molecular flexibility index (Phi) is 2.69. The van der Waals surface area contributed by atoms with Gasteiger partial charge in [-0.1, -0.05) is 0 Å². The van der Waals surface area contributed by atoms with Crippen molar-refractivity contribution in [2.75, 3.05) is 13.1 Å². The van der Waals surface area contributed by atoms with E-state index in [9.17, 15) is 0 Å². The van der Waals surface area contributed by atoms with Crippen molar-refractivity contribution < 1.29 is 0 Å². The van der Waals surface area contributed by atoms with Gasteiger partial charge in [-0.05, 0) is 54.0 Å². The minimum absolute atomic E-state index is 0.607. The highest BCUT2D eigenvalue weighted by Crippen LogP contribution is 2.31. The van der Waals surface area contributed by atoms with Crippen LogP contribution in [0, 0.1) is 0 Å². The molecule has 2 aromatic heterocycles.